The maximum Gasteiger partial charge on any atom is 0.261 e. The maximum absolute atomic E-state index is 13.1. The van der Waals surface area contributed by atoms with E-state index in [4.69, 9.17) is 0 Å². The fraction of sp³-hybridized carbons (Fsp3) is 0.125. The molecule has 2 amide bonds. The SMILES string of the molecule is Cc1cc(F)ccc1CN1C(=O)c2ccc(I)cc2C1=O. The van der Waals surface area contributed by atoms with Crippen molar-refractivity contribution >= 4 is 34.4 Å². The zero-order valence-electron chi connectivity index (χ0n) is 11.2. The third-order valence-corrected chi connectivity index (χ3v) is 4.24. The minimum atomic E-state index is -0.326. The van der Waals surface area contributed by atoms with E-state index in [1.54, 1.807) is 31.2 Å². The number of carbonyl (C=O) groups excluding carboxylic acids is 2. The van der Waals surface area contributed by atoms with E-state index in [-0.39, 0.29) is 24.2 Å². The van der Waals surface area contributed by atoms with E-state index in [1.165, 1.54) is 17.0 Å². The molecule has 1 aliphatic heterocycles. The quantitative estimate of drug-likeness (QED) is 0.577. The predicted octanol–water partition coefficient (Wildman–Crippen LogP) is 3.53. The second kappa shape index (κ2) is 5.22. The summed E-state index contributed by atoms with van der Waals surface area (Å²) >= 11 is 2.11. The summed E-state index contributed by atoms with van der Waals surface area (Å²) < 4.78 is 14.0. The highest BCUT2D eigenvalue weighted by Crippen LogP contribution is 2.26. The van der Waals surface area contributed by atoms with Crippen LogP contribution in [0.2, 0.25) is 0 Å². The molecule has 1 aliphatic rings. The Morgan fingerprint density at radius 1 is 1.05 bits per heavy atom. The molecule has 2 aromatic rings. The molecule has 0 bridgehead atoms. The summed E-state index contributed by atoms with van der Waals surface area (Å²) in [6.45, 7) is 1.93. The minimum Gasteiger partial charge on any atom is -0.270 e. The standard InChI is InChI=1S/C16H11FINO2/c1-9-6-11(17)3-2-10(9)8-19-15(20)13-5-4-12(18)7-14(13)16(19)21/h2-7H,8H2,1H3. The highest BCUT2D eigenvalue weighted by molar-refractivity contribution is 14.1. The first-order valence-electron chi connectivity index (χ1n) is 6.38. The Kier molecular flexibility index (Phi) is 3.52. The number of fused-ring (bicyclic) bond motifs is 1. The van der Waals surface area contributed by atoms with Gasteiger partial charge in [0.25, 0.3) is 11.8 Å². The Balaban J connectivity index is 1.95. The van der Waals surface area contributed by atoms with Crippen LogP contribution in [-0.2, 0) is 6.54 Å². The van der Waals surface area contributed by atoms with Crippen LogP contribution in [-0.4, -0.2) is 16.7 Å². The van der Waals surface area contributed by atoms with Crippen molar-refractivity contribution in [2.45, 2.75) is 13.5 Å². The first kappa shape index (κ1) is 14.2. The molecule has 3 nitrogen and oxygen atoms in total. The summed E-state index contributed by atoms with van der Waals surface area (Å²) in [5.41, 5.74) is 2.36. The molecule has 0 atom stereocenters. The Bertz CT molecular complexity index is 773. The molecule has 0 saturated carbocycles. The number of carbonyl (C=O) groups is 2. The average Bonchev–Trinajstić information content (AvgIpc) is 2.66. The Hall–Kier alpha value is -1.76. The summed E-state index contributed by atoms with van der Waals surface area (Å²) in [6.07, 6.45) is 0. The Morgan fingerprint density at radius 3 is 2.48 bits per heavy atom. The fourth-order valence-corrected chi connectivity index (χ4v) is 2.90. The van der Waals surface area contributed by atoms with Crippen LogP contribution in [0.1, 0.15) is 31.8 Å². The molecular weight excluding hydrogens is 384 g/mol. The normalized spacial score (nSPS) is 13.8. The van der Waals surface area contributed by atoms with Crippen LogP contribution in [0.15, 0.2) is 36.4 Å². The van der Waals surface area contributed by atoms with Crippen molar-refractivity contribution in [2.24, 2.45) is 0 Å². The molecule has 21 heavy (non-hydrogen) atoms. The van der Waals surface area contributed by atoms with Crippen LogP contribution < -0.4 is 0 Å². The number of hydrogen-bond acceptors (Lipinski definition) is 2. The molecule has 5 heteroatoms. The monoisotopic (exact) mass is 395 g/mol. The van der Waals surface area contributed by atoms with Gasteiger partial charge in [0, 0.05) is 3.57 Å². The third-order valence-electron chi connectivity index (χ3n) is 3.57. The lowest BCUT2D eigenvalue weighted by Crippen LogP contribution is -2.29. The number of benzene rings is 2. The van der Waals surface area contributed by atoms with Gasteiger partial charge in [0.2, 0.25) is 0 Å². The molecular formula is C16H11FINO2. The smallest absolute Gasteiger partial charge is 0.261 e. The van der Waals surface area contributed by atoms with Gasteiger partial charge in [-0.15, -0.1) is 0 Å². The zero-order chi connectivity index (χ0) is 15.1. The summed E-state index contributed by atoms with van der Waals surface area (Å²) in [5, 5.41) is 0. The Morgan fingerprint density at radius 2 is 1.76 bits per heavy atom. The van der Waals surface area contributed by atoms with Gasteiger partial charge in [0.15, 0.2) is 0 Å². The van der Waals surface area contributed by atoms with Gasteiger partial charge in [-0.05, 0) is 71.0 Å². The van der Waals surface area contributed by atoms with E-state index in [9.17, 15) is 14.0 Å². The van der Waals surface area contributed by atoms with Gasteiger partial charge in [0.1, 0.15) is 5.82 Å². The molecule has 0 fully saturated rings. The van der Waals surface area contributed by atoms with Gasteiger partial charge in [-0.3, -0.25) is 14.5 Å². The molecule has 2 aromatic carbocycles. The van der Waals surface area contributed by atoms with E-state index in [0.29, 0.717) is 11.1 Å². The van der Waals surface area contributed by atoms with E-state index in [0.717, 1.165) is 14.7 Å². The lowest BCUT2D eigenvalue weighted by atomic mass is 10.1. The van der Waals surface area contributed by atoms with Crippen molar-refractivity contribution in [2.75, 3.05) is 0 Å². The molecule has 1 heterocycles. The van der Waals surface area contributed by atoms with Gasteiger partial charge < -0.3 is 0 Å². The number of amides is 2. The van der Waals surface area contributed by atoms with Crippen molar-refractivity contribution in [1.29, 1.82) is 0 Å². The van der Waals surface area contributed by atoms with Crippen molar-refractivity contribution in [3.05, 3.63) is 68.0 Å². The van der Waals surface area contributed by atoms with E-state index in [2.05, 4.69) is 22.6 Å². The van der Waals surface area contributed by atoms with Gasteiger partial charge in [-0.2, -0.15) is 0 Å². The van der Waals surface area contributed by atoms with Crippen LogP contribution >= 0.6 is 22.6 Å². The molecule has 3 rings (SSSR count). The van der Waals surface area contributed by atoms with Gasteiger partial charge >= 0.3 is 0 Å². The zero-order valence-corrected chi connectivity index (χ0v) is 13.3. The third kappa shape index (κ3) is 2.46. The highest BCUT2D eigenvalue weighted by atomic mass is 127. The minimum absolute atomic E-state index is 0.162. The Labute approximate surface area is 134 Å². The largest absolute Gasteiger partial charge is 0.270 e. The van der Waals surface area contributed by atoms with Crippen LogP contribution in [0.25, 0.3) is 0 Å². The van der Waals surface area contributed by atoms with Crippen LogP contribution in [0, 0.1) is 16.3 Å². The first-order valence-corrected chi connectivity index (χ1v) is 7.46. The molecule has 0 aromatic heterocycles. The predicted molar refractivity (Wildman–Crippen MR) is 84.5 cm³/mol. The van der Waals surface area contributed by atoms with E-state index >= 15 is 0 Å². The lowest BCUT2D eigenvalue weighted by molar-refractivity contribution is 0.0642. The van der Waals surface area contributed by atoms with Crippen molar-refractivity contribution in [3.63, 3.8) is 0 Å². The number of aryl methyl sites for hydroxylation is 1. The van der Waals surface area contributed by atoms with Gasteiger partial charge in [0.05, 0.1) is 17.7 Å². The summed E-state index contributed by atoms with van der Waals surface area (Å²) in [5.74, 6) is -0.916. The second-order valence-electron chi connectivity index (χ2n) is 4.96. The summed E-state index contributed by atoms with van der Waals surface area (Å²) in [4.78, 5) is 25.9. The fourth-order valence-electron chi connectivity index (χ4n) is 2.41. The molecule has 0 N–H and O–H groups in total. The average molecular weight is 395 g/mol. The first-order chi connectivity index (χ1) is 9.97. The summed E-state index contributed by atoms with van der Waals surface area (Å²) in [6, 6.07) is 9.54. The summed E-state index contributed by atoms with van der Waals surface area (Å²) in [7, 11) is 0. The van der Waals surface area contributed by atoms with Gasteiger partial charge in [-0.1, -0.05) is 6.07 Å². The van der Waals surface area contributed by atoms with Gasteiger partial charge in [-0.25, -0.2) is 4.39 Å². The van der Waals surface area contributed by atoms with E-state index < -0.39 is 0 Å². The topological polar surface area (TPSA) is 37.4 Å². The molecule has 0 aliphatic carbocycles. The highest BCUT2D eigenvalue weighted by Gasteiger charge is 2.35. The maximum atomic E-state index is 13.1. The van der Waals surface area contributed by atoms with E-state index in [1.807, 2.05) is 0 Å². The van der Waals surface area contributed by atoms with Crippen molar-refractivity contribution in [3.8, 4) is 0 Å². The number of hydrogen-bond donors (Lipinski definition) is 0. The molecule has 0 saturated heterocycles. The number of rotatable bonds is 2. The lowest BCUT2D eigenvalue weighted by Gasteiger charge is -2.15. The molecule has 0 radical (unpaired) electrons. The van der Waals surface area contributed by atoms with Crippen molar-refractivity contribution < 1.29 is 14.0 Å². The van der Waals surface area contributed by atoms with Crippen molar-refractivity contribution in [1.82, 2.24) is 4.90 Å². The second-order valence-corrected chi connectivity index (χ2v) is 6.20. The molecule has 0 spiro atoms. The van der Waals surface area contributed by atoms with Crippen LogP contribution in [0.4, 0.5) is 4.39 Å². The van der Waals surface area contributed by atoms with Crippen LogP contribution in [0.5, 0.6) is 0 Å². The number of nitrogens with zero attached hydrogens (tertiary/aromatic N) is 1. The number of imide groups is 1. The molecule has 0 unspecified atom stereocenters. The molecule has 106 valence electrons. The van der Waals surface area contributed by atoms with Crippen LogP contribution in [0.3, 0.4) is 0 Å². The number of halogens is 2.